The fourth-order valence-corrected chi connectivity index (χ4v) is 2.28. The van der Waals surface area contributed by atoms with Crippen molar-refractivity contribution in [3.05, 3.63) is 17.5 Å². The molecule has 0 aliphatic carbocycles. The van der Waals surface area contributed by atoms with Crippen LogP contribution < -0.4 is 5.32 Å². The first kappa shape index (κ1) is 14.5. The van der Waals surface area contributed by atoms with E-state index in [-0.39, 0.29) is 11.6 Å². The van der Waals surface area contributed by atoms with Crippen molar-refractivity contribution in [2.24, 2.45) is 5.92 Å². The fourth-order valence-electron chi connectivity index (χ4n) is 2.28. The summed E-state index contributed by atoms with van der Waals surface area (Å²) in [5.41, 5.74) is 1.05. The quantitative estimate of drug-likeness (QED) is 0.732. The third-order valence-corrected chi connectivity index (χ3v) is 3.46. The Labute approximate surface area is 116 Å². The summed E-state index contributed by atoms with van der Waals surface area (Å²) < 4.78 is 5.29. The van der Waals surface area contributed by atoms with E-state index < -0.39 is 17.9 Å². The summed E-state index contributed by atoms with van der Waals surface area (Å²) in [6, 6.07) is 0.690. The smallest absolute Gasteiger partial charge is 0.326 e. The first-order chi connectivity index (χ1) is 9.61. The molecule has 0 aromatic carbocycles. The zero-order valence-electron chi connectivity index (χ0n) is 11.4. The van der Waals surface area contributed by atoms with E-state index in [2.05, 4.69) is 15.5 Å². The molecule has 1 fully saturated rings. The monoisotopic (exact) mass is 281 g/mol. The van der Waals surface area contributed by atoms with Gasteiger partial charge in [0.1, 0.15) is 11.7 Å². The standard InChI is InChI=1S/C13H19N3O4/c1-2-9-6-10(16-15-9)12(17)14-11(13(18)19)8-4-3-5-20-7-8/h6,8,11H,2-5,7H2,1H3,(H,14,17)(H,15,16)(H,18,19). The zero-order valence-corrected chi connectivity index (χ0v) is 11.4. The second kappa shape index (κ2) is 6.51. The molecule has 1 aliphatic rings. The highest BCUT2D eigenvalue weighted by Crippen LogP contribution is 2.18. The molecule has 0 bridgehead atoms. The van der Waals surface area contributed by atoms with E-state index in [0.717, 1.165) is 25.0 Å². The zero-order chi connectivity index (χ0) is 14.5. The van der Waals surface area contributed by atoms with Gasteiger partial charge in [-0.05, 0) is 25.3 Å². The number of nitrogens with one attached hydrogen (secondary N) is 2. The van der Waals surface area contributed by atoms with Crippen LogP contribution in [0.15, 0.2) is 6.07 Å². The van der Waals surface area contributed by atoms with Crippen molar-refractivity contribution in [2.75, 3.05) is 13.2 Å². The van der Waals surface area contributed by atoms with Crippen molar-refractivity contribution in [3.8, 4) is 0 Å². The van der Waals surface area contributed by atoms with Crippen LogP contribution in [0.2, 0.25) is 0 Å². The van der Waals surface area contributed by atoms with E-state index in [1.165, 1.54) is 0 Å². The average molecular weight is 281 g/mol. The molecule has 1 aromatic rings. The number of hydrogen-bond acceptors (Lipinski definition) is 4. The van der Waals surface area contributed by atoms with Gasteiger partial charge in [-0.25, -0.2) is 4.79 Å². The Kier molecular flexibility index (Phi) is 4.73. The maximum atomic E-state index is 12.0. The van der Waals surface area contributed by atoms with Crippen molar-refractivity contribution in [1.82, 2.24) is 15.5 Å². The normalized spacial score (nSPS) is 20.4. The number of H-pyrrole nitrogens is 1. The van der Waals surface area contributed by atoms with Crippen LogP contribution >= 0.6 is 0 Å². The average Bonchev–Trinajstić information content (AvgIpc) is 2.94. The number of carbonyl (C=O) groups is 2. The molecule has 110 valence electrons. The number of rotatable bonds is 5. The topological polar surface area (TPSA) is 104 Å². The predicted molar refractivity (Wildman–Crippen MR) is 70.4 cm³/mol. The van der Waals surface area contributed by atoms with Gasteiger partial charge in [0, 0.05) is 18.2 Å². The summed E-state index contributed by atoms with van der Waals surface area (Å²) in [5.74, 6) is -1.71. The van der Waals surface area contributed by atoms with Crippen LogP contribution in [0.5, 0.6) is 0 Å². The highest BCUT2D eigenvalue weighted by molar-refractivity contribution is 5.95. The molecule has 1 aromatic heterocycles. The molecule has 0 saturated carbocycles. The van der Waals surface area contributed by atoms with E-state index in [1.54, 1.807) is 6.07 Å². The number of carbonyl (C=O) groups excluding carboxylic acids is 1. The molecular weight excluding hydrogens is 262 g/mol. The molecule has 2 unspecified atom stereocenters. The summed E-state index contributed by atoms with van der Waals surface area (Å²) in [5, 5.41) is 18.4. The molecule has 3 N–H and O–H groups in total. The van der Waals surface area contributed by atoms with Gasteiger partial charge in [-0.3, -0.25) is 9.89 Å². The lowest BCUT2D eigenvalue weighted by Crippen LogP contribution is -2.48. The van der Waals surface area contributed by atoms with Crippen molar-refractivity contribution in [2.45, 2.75) is 32.2 Å². The summed E-state index contributed by atoms with van der Waals surface area (Å²) in [7, 11) is 0. The third-order valence-electron chi connectivity index (χ3n) is 3.46. The number of aryl methyl sites for hydroxylation is 1. The van der Waals surface area contributed by atoms with E-state index in [0.29, 0.717) is 13.2 Å². The highest BCUT2D eigenvalue weighted by atomic mass is 16.5. The molecule has 2 atom stereocenters. The number of ether oxygens (including phenoxy) is 1. The van der Waals surface area contributed by atoms with Gasteiger partial charge in [0.2, 0.25) is 0 Å². The van der Waals surface area contributed by atoms with Crippen LogP contribution in [-0.4, -0.2) is 46.4 Å². The summed E-state index contributed by atoms with van der Waals surface area (Å²) in [6.45, 7) is 2.95. The second-order valence-electron chi connectivity index (χ2n) is 4.90. The van der Waals surface area contributed by atoms with E-state index in [1.807, 2.05) is 6.92 Å². The molecule has 20 heavy (non-hydrogen) atoms. The van der Waals surface area contributed by atoms with E-state index in [4.69, 9.17) is 4.74 Å². The van der Waals surface area contributed by atoms with Crippen LogP contribution in [0.3, 0.4) is 0 Å². The largest absolute Gasteiger partial charge is 0.480 e. The van der Waals surface area contributed by atoms with E-state index >= 15 is 0 Å². The first-order valence-electron chi connectivity index (χ1n) is 6.77. The maximum Gasteiger partial charge on any atom is 0.326 e. The Morgan fingerprint density at radius 3 is 3.00 bits per heavy atom. The van der Waals surface area contributed by atoms with Gasteiger partial charge >= 0.3 is 5.97 Å². The minimum atomic E-state index is -1.04. The van der Waals surface area contributed by atoms with Gasteiger partial charge in [-0.1, -0.05) is 6.92 Å². The van der Waals surface area contributed by atoms with Crippen LogP contribution in [0.4, 0.5) is 0 Å². The van der Waals surface area contributed by atoms with Gasteiger partial charge in [-0.15, -0.1) is 0 Å². The van der Waals surface area contributed by atoms with Gasteiger partial charge in [-0.2, -0.15) is 5.10 Å². The molecular formula is C13H19N3O4. The number of aromatic nitrogens is 2. The van der Waals surface area contributed by atoms with Crippen molar-refractivity contribution < 1.29 is 19.4 Å². The Morgan fingerprint density at radius 1 is 1.65 bits per heavy atom. The molecule has 7 heteroatoms. The first-order valence-corrected chi connectivity index (χ1v) is 6.77. The second-order valence-corrected chi connectivity index (χ2v) is 4.90. The highest BCUT2D eigenvalue weighted by Gasteiger charge is 2.32. The Balaban J connectivity index is 2.03. The maximum absolute atomic E-state index is 12.0. The minimum Gasteiger partial charge on any atom is -0.480 e. The molecule has 1 saturated heterocycles. The predicted octanol–water partition coefficient (Wildman–Crippen LogP) is 0.582. The van der Waals surface area contributed by atoms with Gasteiger partial charge in [0.05, 0.1) is 6.61 Å². The lowest BCUT2D eigenvalue weighted by atomic mass is 9.93. The van der Waals surface area contributed by atoms with Crippen LogP contribution in [0.25, 0.3) is 0 Å². The number of carboxylic acids is 1. The summed E-state index contributed by atoms with van der Waals surface area (Å²) in [6.07, 6.45) is 2.28. The number of nitrogens with zero attached hydrogens (tertiary/aromatic N) is 1. The molecule has 0 radical (unpaired) electrons. The van der Waals surface area contributed by atoms with Gasteiger partial charge < -0.3 is 15.2 Å². The Bertz CT molecular complexity index is 480. The number of aliphatic carboxylic acids is 1. The molecule has 2 rings (SSSR count). The molecule has 7 nitrogen and oxygen atoms in total. The number of amides is 1. The minimum absolute atomic E-state index is 0.199. The Morgan fingerprint density at radius 2 is 2.45 bits per heavy atom. The van der Waals surface area contributed by atoms with Crippen LogP contribution in [0, 0.1) is 5.92 Å². The summed E-state index contributed by atoms with van der Waals surface area (Å²) in [4.78, 5) is 23.4. The Hall–Kier alpha value is -1.89. The van der Waals surface area contributed by atoms with Gasteiger partial charge in [0.25, 0.3) is 5.91 Å². The molecule has 2 heterocycles. The van der Waals surface area contributed by atoms with Crippen molar-refractivity contribution in [3.63, 3.8) is 0 Å². The molecule has 0 spiro atoms. The lowest BCUT2D eigenvalue weighted by Gasteiger charge is -2.27. The molecule has 1 aliphatic heterocycles. The summed E-state index contributed by atoms with van der Waals surface area (Å²) >= 11 is 0. The number of aromatic amines is 1. The fraction of sp³-hybridized carbons (Fsp3) is 0.615. The van der Waals surface area contributed by atoms with Crippen molar-refractivity contribution >= 4 is 11.9 Å². The van der Waals surface area contributed by atoms with Crippen molar-refractivity contribution in [1.29, 1.82) is 0 Å². The van der Waals surface area contributed by atoms with Crippen LogP contribution in [0.1, 0.15) is 35.9 Å². The van der Waals surface area contributed by atoms with E-state index in [9.17, 15) is 14.7 Å². The van der Waals surface area contributed by atoms with Gasteiger partial charge in [0.15, 0.2) is 0 Å². The third kappa shape index (κ3) is 3.36. The lowest BCUT2D eigenvalue weighted by molar-refractivity contribution is -0.142. The SMILES string of the molecule is CCc1cc(C(=O)NC(C(=O)O)C2CCCOC2)n[nH]1. The number of hydrogen-bond donors (Lipinski definition) is 3. The number of carboxylic acid groups (broad SMARTS) is 1. The van der Waals surface area contributed by atoms with Crippen LogP contribution in [-0.2, 0) is 16.0 Å². The molecule has 1 amide bonds.